The van der Waals surface area contributed by atoms with Crippen molar-refractivity contribution in [1.82, 2.24) is 10.2 Å². The van der Waals surface area contributed by atoms with E-state index < -0.39 is 0 Å². The lowest BCUT2D eigenvalue weighted by Gasteiger charge is -2.18. The van der Waals surface area contributed by atoms with Crippen molar-refractivity contribution >= 4 is 28.5 Å². The third-order valence-electron chi connectivity index (χ3n) is 5.48. The third-order valence-corrected chi connectivity index (χ3v) is 6.48. The van der Waals surface area contributed by atoms with E-state index in [1.807, 2.05) is 48.5 Å². The zero-order chi connectivity index (χ0) is 22.2. The van der Waals surface area contributed by atoms with E-state index in [1.165, 1.54) is 36.7 Å². The minimum Gasteiger partial charge on any atom is -0.493 e. The molecule has 4 rings (SSSR count). The fourth-order valence-corrected chi connectivity index (χ4v) is 4.68. The molecule has 3 aromatic rings. The average molecular weight is 450 g/mol. The number of rotatable bonds is 8. The first-order valence-electron chi connectivity index (χ1n) is 10.9. The van der Waals surface area contributed by atoms with Crippen LogP contribution in [0.1, 0.15) is 54.2 Å². The maximum atomic E-state index is 12.3. The minimum atomic E-state index is -0.236. The zero-order valence-corrected chi connectivity index (χ0v) is 18.9. The van der Waals surface area contributed by atoms with Crippen molar-refractivity contribution < 1.29 is 14.3 Å². The Balaban J connectivity index is 1.34. The highest BCUT2D eigenvalue weighted by Gasteiger charge is 2.20. The third kappa shape index (κ3) is 5.95. The van der Waals surface area contributed by atoms with Crippen molar-refractivity contribution in [3.8, 4) is 11.5 Å². The zero-order valence-electron chi connectivity index (χ0n) is 18.1. The quantitative estimate of drug-likeness (QED) is 0.438. The summed E-state index contributed by atoms with van der Waals surface area (Å²) in [5.74, 6) is 1.52. The highest BCUT2D eigenvalue weighted by Crippen LogP contribution is 2.35. The Morgan fingerprint density at radius 1 is 1.09 bits per heavy atom. The van der Waals surface area contributed by atoms with Gasteiger partial charge >= 0.3 is 0 Å². The lowest BCUT2D eigenvalue weighted by molar-refractivity contribution is -0.111. The molecule has 1 fully saturated rings. The van der Waals surface area contributed by atoms with Gasteiger partial charge in [0.1, 0.15) is 11.6 Å². The normalized spacial score (nSPS) is 14.4. The van der Waals surface area contributed by atoms with Crippen LogP contribution in [0.5, 0.6) is 11.5 Å². The van der Waals surface area contributed by atoms with Gasteiger partial charge in [-0.25, -0.2) is 0 Å². The average Bonchev–Trinajstić information content (AvgIpc) is 3.31. The van der Waals surface area contributed by atoms with Gasteiger partial charge in [-0.15, -0.1) is 10.2 Å². The second-order valence-corrected chi connectivity index (χ2v) is 8.80. The Morgan fingerprint density at radius 3 is 2.69 bits per heavy atom. The summed E-state index contributed by atoms with van der Waals surface area (Å²) in [7, 11) is 1.60. The van der Waals surface area contributed by atoms with Crippen LogP contribution in [-0.2, 0) is 11.4 Å². The second kappa shape index (κ2) is 10.9. The number of aromatic nitrogens is 2. The molecule has 6 nitrogen and oxygen atoms in total. The molecule has 32 heavy (non-hydrogen) atoms. The molecule has 1 aromatic heterocycles. The SMILES string of the molecule is COc1cc(/C=C/C(=O)Nc2nnc(C3CCCCC3)s2)ccc1OCc1ccccc1. The molecule has 0 saturated heterocycles. The van der Waals surface area contributed by atoms with Crippen molar-refractivity contribution in [1.29, 1.82) is 0 Å². The van der Waals surface area contributed by atoms with Gasteiger partial charge in [0, 0.05) is 12.0 Å². The van der Waals surface area contributed by atoms with Gasteiger partial charge in [-0.2, -0.15) is 0 Å². The van der Waals surface area contributed by atoms with E-state index in [2.05, 4.69) is 15.5 Å². The number of nitrogens with zero attached hydrogens (tertiary/aromatic N) is 2. The Morgan fingerprint density at radius 2 is 1.91 bits per heavy atom. The Hall–Kier alpha value is -3.19. The molecule has 1 aliphatic carbocycles. The van der Waals surface area contributed by atoms with E-state index in [9.17, 15) is 4.79 Å². The maximum Gasteiger partial charge on any atom is 0.250 e. The van der Waals surface area contributed by atoms with Crippen LogP contribution in [0.2, 0.25) is 0 Å². The molecule has 0 bridgehead atoms. The van der Waals surface area contributed by atoms with E-state index in [0.29, 0.717) is 29.2 Å². The van der Waals surface area contributed by atoms with Crippen molar-refractivity contribution in [2.24, 2.45) is 0 Å². The Kier molecular flexibility index (Phi) is 7.51. The summed E-state index contributed by atoms with van der Waals surface area (Å²) < 4.78 is 11.3. The van der Waals surface area contributed by atoms with E-state index >= 15 is 0 Å². The molecule has 7 heteroatoms. The first-order valence-corrected chi connectivity index (χ1v) is 11.7. The molecule has 0 radical (unpaired) electrons. The highest BCUT2D eigenvalue weighted by atomic mass is 32.1. The number of hydrogen-bond acceptors (Lipinski definition) is 6. The number of amides is 1. The molecule has 1 amide bonds. The summed E-state index contributed by atoms with van der Waals surface area (Å²) in [6.45, 7) is 0.458. The van der Waals surface area contributed by atoms with Crippen LogP contribution in [0, 0.1) is 0 Å². The maximum absolute atomic E-state index is 12.3. The molecular formula is C25H27N3O3S. The van der Waals surface area contributed by atoms with Gasteiger partial charge in [0.25, 0.3) is 0 Å². The fraction of sp³-hybridized carbons (Fsp3) is 0.320. The molecule has 1 heterocycles. The smallest absolute Gasteiger partial charge is 0.250 e. The molecule has 1 N–H and O–H groups in total. The number of methoxy groups -OCH3 is 1. The second-order valence-electron chi connectivity index (χ2n) is 7.79. The largest absolute Gasteiger partial charge is 0.493 e. The Labute approximate surface area is 192 Å². The summed E-state index contributed by atoms with van der Waals surface area (Å²) in [5.41, 5.74) is 1.92. The minimum absolute atomic E-state index is 0.236. The number of anilines is 1. The van der Waals surface area contributed by atoms with Gasteiger partial charge in [-0.05, 0) is 42.2 Å². The molecule has 1 saturated carbocycles. The molecule has 0 aliphatic heterocycles. The molecular weight excluding hydrogens is 422 g/mol. The highest BCUT2D eigenvalue weighted by molar-refractivity contribution is 7.15. The van der Waals surface area contributed by atoms with Gasteiger partial charge in [0.15, 0.2) is 11.5 Å². The monoisotopic (exact) mass is 449 g/mol. The summed E-state index contributed by atoms with van der Waals surface area (Å²) in [4.78, 5) is 12.3. The van der Waals surface area contributed by atoms with Crippen LogP contribution in [0.15, 0.2) is 54.6 Å². The first kappa shape index (κ1) is 22.0. The van der Waals surface area contributed by atoms with E-state index in [0.717, 1.165) is 29.0 Å². The number of carbonyl (C=O) groups excluding carboxylic acids is 1. The molecule has 166 valence electrons. The molecule has 1 aliphatic rings. The van der Waals surface area contributed by atoms with Crippen LogP contribution < -0.4 is 14.8 Å². The molecule has 0 unspecified atom stereocenters. The first-order chi connectivity index (χ1) is 15.7. The van der Waals surface area contributed by atoms with Crippen LogP contribution in [0.25, 0.3) is 6.08 Å². The van der Waals surface area contributed by atoms with Gasteiger partial charge in [-0.1, -0.05) is 67.0 Å². The van der Waals surface area contributed by atoms with Crippen LogP contribution >= 0.6 is 11.3 Å². The lowest BCUT2D eigenvalue weighted by Crippen LogP contribution is -2.07. The van der Waals surface area contributed by atoms with E-state index in [1.54, 1.807) is 13.2 Å². The topological polar surface area (TPSA) is 73.3 Å². The van der Waals surface area contributed by atoms with Gasteiger partial charge in [0.2, 0.25) is 11.0 Å². The van der Waals surface area contributed by atoms with Gasteiger partial charge in [-0.3, -0.25) is 10.1 Å². The predicted molar refractivity (Wildman–Crippen MR) is 127 cm³/mol. The van der Waals surface area contributed by atoms with Crippen LogP contribution in [0.3, 0.4) is 0 Å². The van der Waals surface area contributed by atoms with Crippen molar-refractivity contribution in [2.45, 2.75) is 44.6 Å². The summed E-state index contributed by atoms with van der Waals surface area (Å²) in [6, 6.07) is 15.5. The number of benzene rings is 2. The number of carbonyl (C=O) groups is 1. The number of ether oxygens (including phenoxy) is 2. The molecule has 2 aromatic carbocycles. The Bertz CT molecular complexity index is 1060. The molecule has 0 spiro atoms. The van der Waals surface area contributed by atoms with Gasteiger partial charge in [0.05, 0.1) is 7.11 Å². The molecule has 0 atom stereocenters. The van der Waals surface area contributed by atoms with E-state index in [-0.39, 0.29) is 5.91 Å². The van der Waals surface area contributed by atoms with Gasteiger partial charge < -0.3 is 9.47 Å². The summed E-state index contributed by atoms with van der Waals surface area (Å²) in [5, 5.41) is 12.8. The summed E-state index contributed by atoms with van der Waals surface area (Å²) in [6.07, 6.45) is 9.34. The standard InChI is InChI=1S/C25H27N3O3S/c1-30-22-16-18(12-14-21(22)31-17-19-8-4-2-5-9-19)13-15-23(29)26-25-28-27-24(32-25)20-10-6-3-7-11-20/h2,4-5,8-9,12-16,20H,3,6-7,10-11,17H2,1H3,(H,26,28,29)/b15-13+. The van der Waals surface area contributed by atoms with E-state index in [4.69, 9.17) is 9.47 Å². The van der Waals surface area contributed by atoms with Crippen LogP contribution in [0.4, 0.5) is 5.13 Å². The predicted octanol–water partition coefficient (Wildman–Crippen LogP) is 5.83. The van der Waals surface area contributed by atoms with Crippen molar-refractivity contribution in [3.63, 3.8) is 0 Å². The van der Waals surface area contributed by atoms with Crippen molar-refractivity contribution in [3.05, 3.63) is 70.7 Å². The van der Waals surface area contributed by atoms with Crippen molar-refractivity contribution in [2.75, 3.05) is 12.4 Å². The summed E-state index contributed by atoms with van der Waals surface area (Å²) >= 11 is 1.48. The fourth-order valence-electron chi connectivity index (χ4n) is 3.76. The number of nitrogens with one attached hydrogen (secondary N) is 1. The van der Waals surface area contributed by atoms with Crippen LogP contribution in [-0.4, -0.2) is 23.2 Å². The lowest BCUT2D eigenvalue weighted by atomic mass is 9.90. The number of hydrogen-bond donors (Lipinski definition) is 1.